The highest BCUT2D eigenvalue weighted by molar-refractivity contribution is 7.97. The Morgan fingerprint density at radius 3 is 2.44 bits per heavy atom. The Morgan fingerprint density at radius 1 is 1.22 bits per heavy atom. The number of hydrogen-bond donors (Lipinski definition) is 1. The molecule has 0 N–H and O–H groups in total. The standard InChI is InChI=1S/C18H17F3N2O2S2/c1-17(2,3)27(25)23-10-11-6-4-8-13(18(19,20)21)14(11)15-12(16(24)26)7-5-9-22-15/h4-10H,1-3H3,(H,24,26). The summed E-state index contributed by atoms with van der Waals surface area (Å²) in [6.07, 6.45) is -2.28. The van der Waals surface area contributed by atoms with Gasteiger partial charge in [0.1, 0.15) is 16.1 Å². The van der Waals surface area contributed by atoms with Crippen LogP contribution in [0, 0.1) is 0 Å². The Balaban J connectivity index is 2.75. The van der Waals surface area contributed by atoms with Crippen molar-refractivity contribution < 1.29 is 22.5 Å². The highest BCUT2D eigenvalue weighted by Crippen LogP contribution is 2.39. The average molecular weight is 414 g/mol. The predicted octanol–water partition coefficient (Wildman–Crippen LogP) is 4.72. The van der Waals surface area contributed by atoms with Crippen molar-refractivity contribution in [3.8, 4) is 11.3 Å². The quantitative estimate of drug-likeness (QED) is 0.447. The van der Waals surface area contributed by atoms with E-state index in [1.165, 1.54) is 30.5 Å². The van der Waals surface area contributed by atoms with Gasteiger partial charge >= 0.3 is 6.18 Å². The van der Waals surface area contributed by atoms with Gasteiger partial charge in [0.05, 0.1) is 23.0 Å². The molecule has 0 radical (unpaired) electrons. The zero-order valence-electron chi connectivity index (χ0n) is 14.7. The first-order valence-electron chi connectivity index (χ1n) is 7.78. The molecule has 27 heavy (non-hydrogen) atoms. The molecule has 4 nitrogen and oxygen atoms in total. The fourth-order valence-electron chi connectivity index (χ4n) is 2.22. The van der Waals surface area contributed by atoms with E-state index in [1.54, 1.807) is 20.8 Å². The molecule has 9 heteroatoms. The van der Waals surface area contributed by atoms with Gasteiger partial charge in [-0.2, -0.15) is 13.2 Å². The summed E-state index contributed by atoms with van der Waals surface area (Å²) in [6, 6.07) is 6.30. The third-order valence-electron chi connectivity index (χ3n) is 3.49. The molecule has 0 saturated heterocycles. The van der Waals surface area contributed by atoms with E-state index in [0.29, 0.717) is 0 Å². The van der Waals surface area contributed by atoms with Crippen LogP contribution in [0.25, 0.3) is 11.3 Å². The third-order valence-corrected chi connectivity index (χ3v) is 5.07. The van der Waals surface area contributed by atoms with Gasteiger partial charge in [0, 0.05) is 17.3 Å². The molecule has 1 aromatic heterocycles. The molecule has 0 aliphatic rings. The van der Waals surface area contributed by atoms with Crippen LogP contribution in [0.4, 0.5) is 13.2 Å². The van der Waals surface area contributed by atoms with E-state index >= 15 is 0 Å². The smallest absolute Gasteiger partial charge is 0.417 e. The minimum atomic E-state index is -4.68. The Morgan fingerprint density at radius 2 is 1.89 bits per heavy atom. The van der Waals surface area contributed by atoms with E-state index in [9.17, 15) is 22.5 Å². The number of hydrogen-bond acceptors (Lipinski definition) is 4. The molecule has 0 aliphatic heterocycles. The molecule has 1 unspecified atom stereocenters. The van der Waals surface area contributed by atoms with Crippen LogP contribution in [-0.4, -0.2) is 25.6 Å². The largest absolute Gasteiger partial charge is 0.591 e. The molecule has 144 valence electrons. The lowest BCUT2D eigenvalue weighted by atomic mass is 9.95. The monoisotopic (exact) mass is 414 g/mol. The normalized spacial score (nSPS) is 13.8. The SMILES string of the molecule is CC(C)(C)[S+]([O-])N=Cc1cccc(C(F)(F)F)c1-c1ncccc1C(=O)S. The van der Waals surface area contributed by atoms with E-state index in [2.05, 4.69) is 22.0 Å². The van der Waals surface area contributed by atoms with Crippen molar-refractivity contribution >= 4 is 35.3 Å². The molecule has 0 spiro atoms. The summed E-state index contributed by atoms with van der Waals surface area (Å²) in [5.41, 5.74) is -1.45. The molecular formula is C18H17F3N2O2S2. The van der Waals surface area contributed by atoms with Crippen molar-refractivity contribution in [3.63, 3.8) is 0 Å². The fourth-order valence-corrected chi connectivity index (χ4v) is 2.92. The summed E-state index contributed by atoms with van der Waals surface area (Å²) < 4.78 is 56.2. The predicted molar refractivity (Wildman–Crippen MR) is 103 cm³/mol. The Bertz CT molecular complexity index is 878. The van der Waals surface area contributed by atoms with Crippen LogP contribution in [0.3, 0.4) is 0 Å². The number of alkyl halides is 3. The Kier molecular flexibility index (Phi) is 6.39. The topological polar surface area (TPSA) is 65.4 Å². The minimum absolute atomic E-state index is 0.0527. The first-order valence-corrected chi connectivity index (χ1v) is 9.33. The molecule has 1 aromatic carbocycles. The molecule has 2 rings (SSSR count). The van der Waals surface area contributed by atoms with E-state index in [-0.39, 0.29) is 22.4 Å². The number of nitrogens with zero attached hydrogens (tertiary/aromatic N) is 2. The molecule has 1 heterocycles. The van der Waals surface area contributed by atoms with Gasteiger partial charge in [-0.1, -0.05) is 16.5 Å². The first-order chi connectivity index (χ1) is 12.4. The molecule has 0 saturated carbocycles. The van der Waals surface area contributed by atoms with Gasteiger partial charge in [-0.25, -0.2) is 0 Å². The van der Waals surface area contributed by atoms with Gasteiger partial charge < -0.3 is 4.55 Å². The van der Waals surface area contributed by atoms with E-state index in [1.807, 2.05) is 0 Å². The second-order valence-corrected chi connectivity index (χ2v) is 8.91. The van der Waals surface area contributed by atoms with Crippen LogP contribution in [-0.2, 0) is 17.5 Å². The maximum Gasteiger partial charge on any atom is 0.417 e. The second kappa shape index (κ2) is 8.04. The highest BCUT2D eigenvalue weighted by atomic mass is 32.2. The van der Waals surface area contributed by atoms with Crippen molar-refractivity contribution in [1.82, 2.24) is 4.98 Å². The summed E-state index contributed by atoms with van der Waals surface area (Å²) in [6.45, 7) is 5.10. The van der Waals surface area contributed by atoms with Gasteiger partial charge in [0.15, 0.2) is 0 Å². The summed E-state index contributed by atoms with van der Waals surface area (Å²) in [5, 5.41) is -0.712. The Hall–Kier alpha value is -1.84. The fraction of sp³-hybridized carbons (Fsp3) is 0.278. The lowest BCUT2D eigenvalue weighted by molar-refractivity contribution is -0.137. The number of halogens is 3. The van der Waals surface area contributed by atoms with Crippen molar-refractivity contribution in [2.75, 3.05) is 0 Å². The number of aromatic nitrogens is 1. The number of carbonyl (C=O) groups excluding carboxylic acids is 1. The number of thiol groups is 1. The average Bonchev–Trinajstić information content (AvgIpc) is 2.57. The van der Waals surface area contributed by atoms with Crippen molar-refractivity contribution in [2.24, 2.45) is 4.40 Å². The lowest BCUT2D eigenvalue weighted by Gasteiger charge is -2.19. The maximum atomic E-state index is 13.6. The van der Waals surface area contributed by atoms with Crippen LogP contribution >= 0.6 is 12.6 Å². The molecular weight excluding hydrogens is 397 g/mol. The number of pyridine rings is 1. The van der Waals surface area contributed by atoms with Gasteiger partial charge in [0.2, 0.25) is 5.12 Å². The van der Waals surface area contributed by atoms with Gasteiger partial charge in [-0.05, 0) is 39.0 Å². The third kappa shape index (κ3) is 5.12. The zero-order chi connectivity index (χ0) is 20.4. The minimum Gasteiger partial charge on any atom is -0.591 e. The summed E-state index contributed by atoms with van der Waals surface area (Å²) in [5.74, 6) is 0. The molecule has 0 fully saturated rings. The van der Waals surface area contributed by atoms with Crippen LogP contribution in [0.15, 0.2) is 40.9 Å². The molecule has 0 aliphatic carbocycles. The summed E-state index contributed by atoms with van der Waals surface area (Å²) >= 11 is 2.07. The Labute approximate surface area is 163 Å². The summed E-state index contributed by atoms with van der Waals surface area (Å²) in [7, 11) is 0. The van der Waals surface area contributed by atoms with E-state index < -0.39 is 33.0 Å². The van der Waals surface area contributed by atoms with Crippen LogP contribution in [0.5, 0.6) is 0 Å². The first kappa shape index (κ1) is 21.5. The van der Waals surface area contributed by atoms with Crippen LogP contribution in [0.2, 0.25) is 0 Å². The van der Waals surface area contributed by atoms with E-state index in [4.69, 9.17) is 0 Å². The molecule has 0 amide bonds. The van der Waals surface area contributed by atoms with Gasteiger partial charge in [-0.3, -0.25) is 9.78 Å². The van der Waals surface area contributed by atoms with Crippen molar-refractivity contribution in [3.05, 3.63) is 53.2 Å². The second-order valence-electron chi connectivity index (χ2n) is 6.57. The van der Waals surface area contributed by atoms with Crippen LogP contribution in [0.1, 0.15) is 42.3 Å². The van der Waals surface area contributed by atoms with E-state index in [0.717, 1.165) is 12.3 Å². The molecule has 0 bridgehead atoms. The highest BCUT2D eigenvalue weighted by Gasteiger charge is 2.36. The van der Waals surface area contributed by atoms with Crippen molar-refractivity contribution in [2.45, 2.75) is 31.7 Å². The zero-order valence-corrected chi connectivity index (χ0v) is 16.5. The molecule has 2 aromatic rings. The van der Waals surface area contributed by atoms with Crippen molar-refractivity contribution in [1.29, 1.82) is 0 Å². The van der Waals surface area contributed by atoms with Gasteiger partial charge in [-0.15, -0.1) is 12.6 Å². The maximum absolute atomic E-state index is 13.6. The molecule has 1 atom stereocenters. The summed E-state index contributed by atoms with van der Waals surface area (Å²) in [4.78, 5) is 15.7. The number of carbonyl (C=O) groups is 1. The number of benzene rings is 1. The lowest BCUT2D eigenvalue weighted by Crippen LogP contribution is -2.25. The number of rotatable bonds is 4. The van der Waals surface area contributed by atoms with Crippen LogP contribution < -0.4 is 0 Å². The van der Waals surface area contributed by atoms with Gasteiger partial charge in [0.25, 0.3) is 0 Å².